The van der Waals surface area contributed by atoms with Gasteiger partial charge in [0.05, 0.1) is 23.7 Å². The summed E-state index contributed by atoms with van der Waals surface area (Å²) in [6.45, 7) is 2.69. The molecule has 0 radical (unpaired) electrons. The second-order valence-electron chi connectivity index (χ2n) is 6.63. The van der Waals surface area contributed by atoms with Crippen molar-refractivity contribution in [2.24, 2.45) is 13.0 Å². The summed E-state index contributed by atoms with van der Waals surface area (Å²) in [7, 11) is 1.80. The highest BCUT2D eigenvalue weighted by Crippen LogP contribution is 2.35. The summed E-state index contributed by atoms with van der Waals surface area (Å²) in [6, 6.07) is 4.59. The Balaban J connectivity index is 1.76. The summed E-state index contributed by atoms with van der Waals surface area (Å²) in [4.78, 5) is 12.7. The van der Waals surface area contributed by atoms with Crippen molar-refractivity contribution in [2.75, 3.05) is 13.1 Å². The lowest BCUT2D eigenvalue weighted by Gasteiger charge is -2.23. The molecule has 1 amide bonds. The van der Waals surface area contributed by atoms with E-state index in [-0.39, 0.29) is 23.3 Å². The predicted octanol–water partition coefficient (Wildman–Crippen LogP) is 2.62. The largest absolute Gasteiger partial charge is 0.416 e. The highest BCUT2D eigenvalue weighted by Gasteiger charge is 2.37. The van der Waals surface area contributed by atoms with Crippen LogP contribution < -0.4 is 10.6 Å². The SMILES string of the molecule is CC(NC(=O)[C@H]1CNC[C@@H]1c1cnn(C)c1)c1ccccc1C(F)(F)F. The van der Waals surface area contributed by atoms with Crippen LogP contribution >= 0.6 is 0 Å². The Morgan fingerprint density at radius 2 is 2.08 bits per heavy atom. The standard InChI is InChI=1S/C18H21F3N4O/c1-11(13-5-3-4-6-16(13)18(19,20)21)24-17(26)15-9-22-8-14(15)12-7-23-25(2)10-12/h3-7,10-11,14-15,22H,8-9H2,1-2H3,(H,24,26)/t11?,14-,15+/m1/s1. The van der Waals surface area contributed by atoms with E-state index in [1.54, 1.807) is 30.9 Å². The Morgan fingerprint density at radius 3 is 2.73 bits per heavy atom. The van der Waals surface area contributed by atoms with E-state index < -0.39 is 17.8 Å². The van der Waals surface area contributed by atoms with Gasteiger partial charge in [0.25, 0.3) is 0 Å². The van der Waals surface area contributed by atoms with Gasteiger partial charge >= 0.3 is 6.18 Å². The van der Waals surface area contributed by atoms with Crippen LogP contribution in [0.4, 0.5) is 13.2 Å². The maximum absolute atomic E-state index is 13.2. The number of hydrogen-bond acceptors (Lipinski definition) is 3. The molecule has 8 heteroatoms. The second kappa shape index (κ2) is 7.11. The minimum absolute atomic E-state index is 0.0474. The van der Waals surface area contributed by atoms with E-state index in [2.05, 4.69) is 15.7 Å². The molecule has 1 aromatic heterocycles. The summed E-state index contributed by atoms with van der Waals surface area (Å²) in [5.74, 6) is -0.651. The smallest absolute Gasteiger partial charge is 0.349 e. The molecule has 5 nitrogen and oxygen atoms in total. The summed E-state index contributed by atoms with van der Waals surface area (Å²) in [5.41, 5.74) is 0.291. The number of nitrogens with zero attached hydrogens (tertiary/aromatic N) is 2. The zero-order chi connectivity index (χ0) is 18.9. The monoisotopic (exact) mass is 366 g/mol. The Labute approximate surface area is 149 Å². The molecule has 1 saturated heterocycles. The van der Waals surface area contributed by atoms with Gasteiger partial charge in [0, 0.05) is 32.3 Å². The van der Waals surface area contributed by atoms with Crippen molar-refractivity contribution < 1.29 is 18.0 Å². The van der Waals surface area contributed by atoms with Crippen LogP contribution in [0, 0.1) is 5.92 Å². The summed E-state index contributed by atoms with van der Waals surface area (Å²) >= 11 is 0. The van der Waals surface area contributed by atoms with Gasteiger partial charge in [-0.05, 0) is 24.1 Å². The maximum Gasteiger partial charge on any atom is 0.416 e. The predicted molar refractivity (Wildman–Crippen MR) is 90.3 cm³/mol. The maximum atomic E-state index is 13.2. The Morgan fingerprint density at radius 1 is 1.35 bits per heavy atom. The number of aromatic nitrogens is 2. The fraction of sp³-hybridized carbons (Fsp3) is 0.444. The normalized spacial score (nSPS) is 21.6. The average molecular weight is 366 g/mol. The first-order chi connectivity index (χ1) is 12.3. The van der Waals surface area contributed by atoms with Crippen LogP contribution in [-0.4, -0.2) is 28.8 Å². The van der Waals surface area contributed by atoms with Gasteiger partial charge < -0.3 is 10.6 Å². The number of carbonyl (C=O) groups excluding carboxylic acids is 1. The number of alkyl halides is 3. The molecule has 1 fully saturated rings. The third-order valence-corrected chi connectivity index (χ3v) is 4.80. The van der Waals surface area contributed by atoms with E-state index in [9.17, 15) is 18.0 Å². The number of amides is 1. The van der Waals surface area contributed by atoms with Crippen LogP contribution in [-0.2, 0) is 18.0 Å². The minimum atomic E-state index is -4.46. The molecule has 2 aromatic rings. The quantitative estimate of drug-likeness (QED) is 0.875. The van der Waals surface area contributed by atoms with Gasteiger partial charge in [-0.15, -0.1) is 0 Å². The van der Waals surface area contributed by atoms with E-state index in [1.807, 2.05) is 6.20 Å². The fourth-order valence-electron chi connectivity index (χ4n) is 3.47. The van der Waals surface area contributed by atoms with Gasteiger partial charge in [-0.25, -0.2) is 0 Å². The molecule has 140 valence electrons. The van der Waals surface area contributed by atoms with Crippen LogP contribution in [0.5, 0.6) is 0 Å². The van der Waals surface area contributed by atoms with E-state index >= 15 is 0 Å². The molecule has 0 spiro atoms. The topological polar surface area (TPSA) is 59.0 Å². The van der Waals surface area contributed by atoms with Crippen molar-refractivity contribution >= 4 is 5.91 Å². The fourth-order valence-corrected chi connectivity index (χ4v) is 3.47. The van der Waals surface area contributed by atoms with Crippen LogP contribution in [0.15, 0.2) is 36.7 Å². The van der Waals surface area contributed by atoms with Crippen molar-refractivity contribution in [1.29, 1.82) is 0 Å². The molecular formula is C18H21F3N4O. The van der Waals surface area contributed by atoms with E-state index in [0.29, 0.717) is 13.1 Å². The van der Waals surface area contributed by atoms with Gasteiger partial charge in [0.1, 0.15) is 0 Å². The Bertz CT molecular complexity index is 787. The van der Waals surface area contributed by atoms with Gasteiger partial charge in [-0.2, -0.15) is 18.3 Å². The lowest BCUT2D eigenvalue weighted by atomic mass is 9.89. The highest BCUT2D eigenvalue weighted by molar-refractivity contribution is 5.81. The molecule has 1 aliphatic heterocycles. The molecule has 0 saturated carbocycles. The number of carbonyl (C=O) groups is 1. The van der Waals surface area contributed by atoms with Crippen LogP contribution in [0.3, 0.4) is 0 Å². The van der Waals surface area contributed by atoms with Gasteiger partial charge in [-0.3, -0.25) is 9.48 Å². The lowest BCUT2D eigenvalue weighted by molar-refractivity contribution is -0.139. The molecule has 0 aliphatic carbocycles. The van der Waals surface area contributed by atoms with E-state index in [1.165, 1.54) is 12.1 Å². The molecule has 1 aliphatic rings. The third kappa shape index (κ3) is 3.75. The molecule has 0 bridgehead atoms. The molecule has 2 heterocycles. The Hall–Kier alpha value is -2.35. The van der Waals surface area contributed by atoms with Crippen LogP contribution in [0.2, 0.25) is 0 Å². The van der Waals surface area contributed by atoms with Crippen molar-refractivity contribution in [3.8, 4) is 0 Å². The van der Waals surface area contributed by atoms with Crippen molar-refractivity contribution in [1.82, 2.24) is 20.4 Å². The highest BCUT2D eigenvalue weighted by atomic mass is 19.4. The van der Waals surface area contributed by atoms with E-state index in [0.717, 1.165) is 11.6 Å². The molecule has 2 N–H and O–H groups in total. The first-order valence-electron chi connectivity index (χ1n) is 8.43. The summed E-state index contributed by atoms with van der Waals surface area (Å²) in [6.07, 6.45) is -0.872. The van der Waals surface area contributed by atoms with Crippen molar-refractivity contribution in [3.63, 3.8) is 0 Å². The molecule has 1 aromatic carbocycles. The first kappa shape index (κ1) is 18.4. The average Bonchev–Trinajstić information content (AvgIpc) is 3.22. The van der Waals surface area contributed by atoms with Gasteiger partial charge in [0.15, 0.2) is 0 Å². The van der Waals surface area contributed by atoms with Crippen molar-refractivity contribution in [2.45, 2.75) is 25.1 Å². The Kier molecular flexibility index (Phi) is 5.04. The van der Waals surface area contributed by atoms with Gasteiger partial charge in [-0.1, -0.05) is 18.2 Å². The summed E-state index contributed by atoms with van der Waals surface area (Å²) < 4.78 is 41.3. The van der Waals surface area contributed by atoms with Crippen molar-refractivity contribution in [3.05, 3.63) is 53.3 Å². The van der Waals surface area contributed by atoms with E-state index in [4.69, 9.17) is 0 Å². The van der Waals surface area contributed by atoms with Crippen LogP contribution in [0.1, 0.15) is 35.6 Å². The number of aryl methyl sites for hydroxylation is 1. The van der Waals surface area contributed by atoms with Gasteiger partial charge in [0.2, 0.25) is 5.91 Å². The lowest BCUT2D eigenvalue weighted by Crippen LogP contribution is -2.36. The number of benzene rings is 1. The third-order valence-electron chi connectivity index (χ3n) is 4.80. The number of nitrogens with one attached hydrogen (secondary N) is 2. The zero-order valence-corrected chi connectivity index (χ0v) is 14.5. The molecule has 3 rings (SSSR count). The number of rotatable bonds is 4. The molecular weight excluding hydrogens is 345 g/mol. The first-order valence-corrected chi connectivity index (χ1v) is 8.43. The molecule has 26 heavy (non-hydrogen) atoms. The number of halogens is 3. The van der Waals surface area contributed by atoms with Crippen LogP contribution in [0.25, 0.3) is 0 Å². The minimum Gasteiger partial charge on any atom is -0.349 e. The number of hydrogen-bond donors (Lipinski definition) is 2. The molecule has 3 atom stereocenters. The summed E-state index contributed by atoms with van der Waals surface area (Å²) in [5, 5.41) is 10.1. The zero-order valence-electron chi connectivity index (χ0n) is 14.5. The second-order valence-corrected chi connectivity index (χ2v) is 6.63. The molecule has 1 unspecified atom stereocenters.